The maximum atomic E-state index is 13.3. The summed E-state index contributed by atoms with van der Waals surface area (Å²) in [6.45, 7) is 2.49. The van der Waals surface area contributed by atoms with Crippen LogP contribution in [0.2, 0.25) is 0 Å². The van der Waals surface area contributed by atoms with Crippen molar-refractivity contribution in [3.05, 3.63) is 39.9 Å². The van der Waals surface area contributed by atoms with E-state index in [-0.39, 0.29) is 5.82 Å². The van der Waals surface area contributed by atoms with Crippen LogP contribution in [0.4, 0.5) is 4.39 Å². The minimum Gasteiger partial charge on any atom is -0.314 e. The summed E-state index contributed by atoms with van der Waals surface area (Å²) in [5, 5.41) is 11.0. The topological polar surface area (TPSA) is 42.7 Å². The summed E-state index contributed by atoms with van der Waals surface area (Å²) in [6, 6.07) is 3.17. The summed E-state index contributed by atoms with van der Waals surface area (Å²) in [4.78, 5) is 0. The summed E-state index contributed by atoms with van der Waals surface area (Å²) < 4.78 is 15.4. The minimum absolute atomic E-state index is 0.276. The lowest BCUT2D eigenvalue weighted by Crippen LogP contribution is -2.05. The van der Waals surface area contributed by atoms with Gasteiger partial charge in [-0.3, -0.25) is 0 Å². The molecule has 1 aromatic carbocycles. The van der Waals surface area contributed by atoms with Gasteiger partial charge in [-0.2, -0.15) is 0 Å². The Morgan fingerprint density at radius 2 is 2.24 bits per heavy atom. The zero-order valence-electron chi connectivity index (χ0n) is 9.54. The van der Waals surface area contributed by atoms with Crippen LogP contribution in [0.3, 0.4) is 0 Å². The van der Waals surface area contributed by atoms with Gasteiger partial charge in [0.25, 0.3) is 0 Å². The molecule has 2 rings (SSSR count). The van der Waals surface area contributed by atoms with Crippen LogP contribution in [0.1, 0.15) is 11.3 Å². The molecule has 0 aliphatic rings. The molecule has 0 radical (unpaired) electrons. The predicted molar refractivity (Wildman–Crippen MR) is 66.5 cm³/mol. The van der Waals surface area contributed by atoms with Gasteiger partial charge < -0.3 is 5.32 Å². The van der Waals surface area contributed by atoms with Crippen molar-refractivity contribution in [2.45, 2.75) is 13.5 Å². The monoisotopic (exact) mass is 298 g/mol. The van der Waals surface area contributed by atoms with Crippen LogP contribution >= 0.6 is 15.9 Å². The van der Waals surface area contributed by atoms with Gasteiger partial charge in [-0.25, -0.2) is 9.07 Å². The zero-order chi connectivity index (χ0) is 12.4. The summed E-state index contributed by atoms with van der Waals surface area (Å²) >= 11 is 3.17. The summed E-state index contributed by atoms with van der Waals surface area (Å²) in [5.74, 6) is -0.276. The van der Waals surface area contributed by atoms with E-state index in [0.29, 0.717) is 11.0 Å². The van der Waals surface area contributed by atoms with Crippen LogP contribution in [0, 0.1) is 12.7 Å². The second-order valence-corrected chi connectivity index (χ2v) is 4.59. The molecule has 0 bridgehead atoms. The van der Waals surface area contributed by atoms with Crippen LogP contribution in [-0.2, 0) is 6.54 Å². The van der Waals surface area contributed by atoms with Gasteiger partial charge in [0, 0.05) is 6.54 Å². The van der Waals surface area contributed by atoms with E-state index in [9.17, 15) is 4.39 Å². The number of rotatable bonds is 3. The average Bonchev–Trinajstić information content (AvgIpc) is 2.72. The zero-order valence-corrected chi connectivity index (χ0v) is 11.1. The molecule has 90 valence electrons. The van der Waals surface area contributed by atoms with E-state index in [1.54, 1.807) is 10.7 Å². The third-order valence-electron chi connectivity index (χ3n) is 2.38. The fourth-order valence-electron chi connectivity index (χ4n) is 1.56. The highest BCUT2D eigenvalue weighted by Crippen LogP contribution is 2.22. The fraction of sp³-hybridized carbons (Fsp3) is 0.273. The molecule has 0 spiro atoms. The van der Waals surface area contributed by atoms with Crippen molar-refractivity contribution in [3.8, 4) is 5.69 Å². The Bertz CT molecular complexity index is 538. The summed E-state index contributed by atoms with van der Waals surface area (Å²) in [7, 11) is 1.85. The molecule has 1 heterocycles. The highest BCUT2D eigenvalue weighted by molar-refractivity contribution is 9.10. The number of nitrogens with one attached hydrogen (secondary N) is 1. The van der Waals surface area contributed by atoms with Crippen LogP contribution in [0.5, 0.6) is 0 Å². The van der Waals surface area contributed by atoms with Crippen LogP contribution < -0.4 is 5.32 Å². The second kappa shape index (κ2) is 4.93. The number of aromatic nitrogens is 3. The highest BCUT2D eigenvalue weighted by Gasteiger charge is 2.09. The van der Waals surface area contributed by atoms with E-state index in [0.717, 1.165) is 16.9 Å². The van der Waals surface area contributed by atoms with Gasteiger partial charge >= 0.3 is 0 Å². The van der Waals surface area contributed by atoms with E-state index in [1.165, 1.54) is 6.07 Å². The SMILES string of the molecule is CNCc1cn(-c2cc(Br)c(F)cc2C)nn1. The Labute approximate surface area is 107 Å². The van der Waals surface area contributed by atoms with Crippen molar-refractivity contribution in [2.24, 2.45) is 0 Å². The molecule has 0 saturated carbocycles. The van der Waals surface area contributed by atoms with Gasteiger partial charge in [0.1, 0.15) is 5.82 Å². The van der Waals surface area contributed by atoms with Crippen molar-refractivity contribution in [3.63, 3.8) is 0 Å². The molecule has 2 aromatic rings. The van der Waals surface area contributed by atoms with Crippen molar-refractivity contribution < 1.29 is 4.39 Å². The fourth-order valence-corrected chi connectivity index (χ4v) is 1.89. The van der Waals surface area contributed by atoms with Gasteiger partial charge in [-0.05, 0) is 47.6 Å². The molecule has 0 saturated heterocycles. The van der Waals surface area contributed by atoms with E-state index < -0.39 is 0 Å². The minimum atomic E-state index is -0.276. The first-order valence-corrected chi connectivity index (χ1v) is 5.93. The molecule has 0 fully saturated rings. The van der Waals surface area contributed by atoms with Gasteiger partial charge in [-0.15, -0.1) is 5.10 Å². The Kier molecular flexibility index (Phi) is 3.54. The first kappa shape index (κ1) is 12.2. The molecule has 0 aliphatic carbocycles. The molecular weight excluding hydrogens is 287 g/mol. The van der Waals surface area contributed by atoms with Gasteiger partial charge in [0.05, 0.1) is 22.1 Å². The van der Waals surface area contributed by atoms with Crippen molar-refractivity contribution in [1.82, 2.24) is 20.3 Å². The standard InChI is InChI=1S/C11H12BrFN4/c1-7-3-10(13)9(12)4-11(7)17-6-8(5-14-2)15-16-17/h3-4,6,14H,5H2,1-2H3. The maximum absolute atomic E-state index is 13.3. The van der Waals surface area contributed by atoms with Crippen LogP contribution in [-0.4, -0.2) is 22.0 Å². The lowest BCUT2D eigenvalue weighted by atomic mass is 10.2. The second-order valence-electron chi connectivity index (χ2n) is 3.74. The molecule has 0 atom stereocenters. The number of halogens is 2. The van der Waals surface area contributed by atoms with Crippen molar-refractivity contribution in [1.29, 1.82) is 0 Å². The molecule has 6 heteroatoms. The van der Waals surface area contributed by atoms with Gasteiger partial charge in [0.15, 0.2) is 0 Å². The normalized spacial score (nSPS) is 10.8. The average molecular weight is 299 g/mol. The van der Waals surface area contributed by atoms with E-state index in [2.05, 4.69) is 31.6 Å². The van der Waals surface area contributed by atoms with Crippen LogP contribution in [0.25, 0.3) is 5.69 Å². The van der Waals surface area contributed by atoms with Gasteiger partial charge in [-0.1, -0.05) is 5.21 Å². The molecule has 0 aliphatic heterocycles. The Morgan fingerprint density at radius 3 is 2.94 bits per heavy atom. The number of hydrogen-bond acceptors (Lipinski definition) is 3. The molecule has 4 nitrogen and oxygen atoms in total. The Morgan fingerprint density at radius 1 is 1.47 bits per heavy atom. The molecular formula is C11H12BrFN4. The molecule has 17 heavy (non-hydrogen) atoms. The molecule has 1 N–H and O–H groups in total. The van der Waals surface area contributed by atoms with Gasteiger partial charge in [0.2, 0.25) is 0 Å². The summed E-state index contributed by atoms with van der Waals surface area (Å²) in [5.41, 5.74) is 2.46. The van der Waals surface area contributed by atoms with Crippen molar-refractivity contribution in [2.75, 3.05) is 7.05 Å². The van der Waals surface area contributed by atoms with E-state index >= 15 is 0 Å². The number of hydrogen-bond donors (Lipinski definition) is 1. The van der Waals surface area contributed by atoms with E-state index in [1.807, 2.05) is 20.2 Å². The number of benzene rings is 1. The Balaban J connectivity index is 2.41. The lowest BCUT2D eigenvalue weighted by Gasteiger charge is -2.06. The molecule has 1 aromatic heterocycles. The third kappa shape index (κ3) is 2.53. The third-order valence-corrected chi connectivity index (χ3v) is 2.99. The maximum Gasteiger partial charge on any atom is 0.137 e. The van der Waals surface area contributed by atoms with Crippen LogP contribution in [0.15, 0.2) is 22.8 Å². The van der Waals surface area contributed by atoms with E-state index in [4.69, 9.17) is 0 Å². The van der Waals surface area contributed by atoms with Crippen molar-refractivity contribution >= 4 is 15.9 Å². The first-order valence-electron chi connectivity index (χ1n) is 5.13. The number of nitrogens with zero attached hydrogens (tertiary/aromatic N) is 3. The number of aryl methyl sites for hydroxylation is 1. The smallest absolute Gasteiger partial charge is 0.137 e. The molecule has 0 unspecified atom stereocenters. The molecule has 0 amide bonds. The largest absolute Gasteiger partial charge is 0.314 e. The predicted octanol–water partition coefficient (Wildman–Crippen LogP) is 2.20. The Hall–Kier alpha value is -1.27. The highest BCUT2D eigenvalue weighted by atomic mass is 79.9. The quantitative estimate of drug-likeness (QED) is 0.945. The first-order chi connectivity index (χ1) is 8.11. The summed E-state index contributed by atoms with van der Waals surface area (Å²) in [6.07, 6.45) is 1.82. The lowest BCUT2D eigenvalue weighted by molar-refractivity contribution is 0.618.